The van der Waals surface area contributed by atoms with E-state index < -0.39 is 0 Å². The molecule has 136 valence electrons. The van der Waals surface area contributed by atoms with Crippen molar-refractivity contribution in [2.75, 3.05) is 45.9 Å². The summed E-state index contributed by atoms with van der Waals surface area (Å²) in [7, 11) is 0. The Morgan fingerprint density at radius 1 is 1.12 bits per heavy atom. The third-order valence-corrected chi connectivity index (χ3v) is 5.46. The molecule has 3 aliphatic heterocycles. The number of morpholine rings is 1. The Balaban J connectivity index is 1.77. The van der Waals surface area contributed by atoms with Crippen LogP contribution in [0.2, 0.25) is 0 Å². The van der Waals surface area contributed by atoms with Gasteiger partial charge in [0.1, 0.15) is 0 Å². The van der Waals surface area contributed by atoms with Gasteiger partial charge < -0.3 is 14.5 Å². The zero-order valence-electron chi connectivity index (χ0n) is 15.7. The Morgan fingerprint density at radius 3 is 2.33 bits per heavy atom. The highest BCUT2D eigenvalue weighted by Gasteiger charge is 2.56. The van der Waals surface area contributed by atoms with Gasteiger partial charge in [-0.3, -0.25) is 14.5 Å². The summed E-state index contributed by atoms with van der Waals surface area (Å²) in [6, 6.07) is 0.252. The maximum Gasteiger partial charge on any atom is 0.228 e. The van der Waals surface area contributed by atoms with Gasteiger partial charge in [-0.15, -0.1) is 0 Å². The van der Waals surface area contributed by atoms with Crippen molar-refractivity contribution in [3.05, 3.63) is 0 Å². The summed E-state index contributed by atoms with van der Waals surface area (Å²) in [5.41, 5.74) is -0.438. The molecule has 1 unspecified atom stereocenters. The molecule has 6 nitrogen and oxygen atoms in total. The molecule has 3 rings (SSSR count). The van der Waals surface area contributed by atoms with E-state index in [9.17, 15) is 9.59 Å². The largest absolute Gasteiger partial charge is 0.378 e. The van der Waals surface area contributed by atoms with Crippen LogP contribution in [0.5, 0.6) is 0 Å². The number of ether oxygens (including phenoxy) is 1. The minimum Gasteiger partial charge on any atom is -0.378 e. The van der Waals surface area contributed by atoms with Crippen molar-refractivity contribution < 1.29 is 14.3 Å². The molecule has 0 aliphatic carbocycles. The molecule has 0 saturated carbocycles. The molecular formula is C18H31N3O3. The molecule has 3 aliphatic rings. The molecule has 3 saturated heterocycles. The van der Waals surface area contributed by atoms with E-state index in [0.29, 0.717) is 6.61 Å². The van der Waals surface area contributed by atoms with E-state index in [0.717, 1.165) is 39.3 Å². The summed E-state index contributed by atoms with van der Waals surface area (Å²) in [6.07, 6.45) is 0. The number of nitrogens with zero attached hydrogens (tertiary/aromatic N) is 3. The van der Waals surface area contributed by atoms with Gasteiger partial charge in [-0.1, -0.05) is 34.6 Å². The Labute approximate surface area is 145 Å². The summed E-state index contributed by atoms with van der Waals surface area (Å²) in [5, 5.41) is 0. The van der Waals surface area contributed by atoms with Gasteiger partial charge in [0, 0.05) is 44.1 Å². The summed E-state index contributed by atoms with van der Waals surface area (Å²) in [4.78, 5) is 31.6. The molecule has 0 aromatic heterocycles. The van der Waals surface area contributed by atoms with Crippen LogP contribution >= 0.6 is 0 Å². The van der Waals surface area contributed by atoms with Crippen LogP contribution in [0.15, 0.2) is 0 Å². The molecule has 24 heavy (non-hydrogen) atoms. The van der Waals surface area contributed by atoms with Crippen molar-refractivity contribution in [1.29, 1.82) is 0 Å². The predicted molar refractivity (Wildman–Crippen MR) is 91.5 cm³/mol. The monoisotopic (exact) mass is 337 g/mol. The first-order valence-electron chi connectivity index (χ1n) is 9.07. The van der Waals surface area contributed by atoms with Gasteiger partial charge >= 0.3 is 0 Å². The van der Waals surface area contributed by atoms with Crippen LogP contribution < -0.4 is 0 Å². The van der Waals surface area contributed by atoms with Crippen LogP contribution in [-0.4, -0.2) is 84.0 Å². The number of hydrogen-bond acceptors (Lipinski definition) is 4. The normalized spacial score (nSPS) is 27.2. The molecule has 6 heteroatoms. The second-order valence-corrected chi connectivity index (χ2v) is 8.93. The highest BCUT2D eigenvalue weighted by molar-refractivity contribution is 5.83. The molecule has 3 fully saturated rings. The van der Waals surface area contributed by atoms with Crippen LogP contribution in [0, 0.1) is 11.3 Å². The van der Waals surface area contributed by atoms with Crippen molar-refractivity contribution in [2.45, 2.75) is 46.2 Å². The van der Waals surface area contributed by atoms with E-state index >= 15 is 0 Å². The number of piperazine rings is 1. The fourth-order valence-corrected chi connectivity index (χ4v) is 4.29. The minimum atomic E-state index is -0.353. The second kappa shape index (κ2) is 5.99. The Bertz CT molecular complexity index is 520. The highest BCUT2D eigenvalue weighted by Crippen LogP contribution is 2.37. The Kier molecular flexibility index (Phi) is 4.41. The molecule has 0 bridgehead atoms. The lowest BCUT2D eigenvalue weighted by Gasteiger charge is -2.63. The molecule has 2 amide bonds. The Hall–Kier alpha value is -1.14. The third-order valence-electron chi connectivity index (χ3n) is 5.46. The predicted octanol–water partition coefficient (Wildman–Crippen LogP) is 0.813. The average Bonchev–Trinajstić information content (AvgIpc) is 2.49. The van der Waals surface area contributed by atoms with E-state index in [1.54, 1.807) is 0 Å². The zero-order valence-corrected chi connectivity index (χ0v) is 15.7. The fraction of sp³-hybridized carbons (Fsp3) is 0.889. The van der Waals surface area contributed by atoms with Crippen molar-refractivity contribution in [2.24, 2.45) is 11.3 Å². The maximum atomic E-state index is 12.6. The van der Waals surface area contributed by atoms with E-state index in [1.807, 2.05) is 44.4 Å². The smallest absolute Gasteiger partial charge is 0.228 e. The molecule has 0 aromatic rings. The first-order valence-corrected chi connectivity index (χ1v) is 9.07. The number of carbonyl (C=O) groups is 2. The molecule has 0 aromatic carbocycles. The second-order valence-electron chi connectivity index (χ2n) is 8.93. The first kappa shape index (κ1) is 17.7. The van der Waals surface area contributed by atoms with Crippen LogP contribution in [0.1, 0.15) is 34.6 Å². The van der Waals surface area contributed by atoms with Gasteiger partial charge in [0.25, 0.3) is 0 Å². The lowest BCUT2D eigenvalue weighted by molar-refractivity contribution is -0.186. The van der Waals surface area contributed by atoms with Crippen LogP contribution in [0.4, 0.5) is 0 Å². The van der Waals surface area contributed by atoms with Crippen molar-refractivity contribution in [1.82, 2.24) is 14.7 Å². The number of carbonyl (C=O) groups excluding carboxylic acids is 2. The van der Waals surface area contributed by atoms with Gasteiger partial charge in [0.05, 0.1) is 24.8 Å². The van der Waals surface area contributed by atoms with E-state index in [1.165, 1.54) is 0 Å². The van der Waals surface area contributed by atoms with Crippen LogP contribution in [0.25, 0.3) is 0 Å². The summed E-state index contributed by atoms with van der Waals surface area (Å²) >= 11 is 0. The van der Waals surface area contributed by atoms with E-state index in [4.69, 9.17) is 4.74 Å². The van der Waals surface area contributed by atoms with Crippen LogP contribution in [0.3, 0.4) is 0 Å². The molecule has 1 atom stereocenters. The molecule has 1 spiro atoms. The zero-order chi connectivity index (χ0) is 17.7. The lowest BCUT2D eigenvalue weighted by atomic mass is 9.80. The molecule has 0 radical (unpaired) electrons. The van der Waals surface area contributed by atoms with Gasteiger partial charge in [0.2, 0.25) is 11.8 Å². The SMILES string of the molecule is CC(C)C(=O)N1CC2COCCN2C2(C1)CN(C(=O)C(C)(C)C)C2. The van der Waals surface area contributed by atoms with Crippen molar-refractivity contribution >= 4 is 11.8 Å². The first-order chi connectivity index (χ1) is 11.1. The summed E-state index contributed by atoms with van der Waals surface area (Å²) in [6.45, 7) is 15.0. The van der Waals surface area contributed by atoms with Gasteiger partial charge in [-0.25, -0.2) is 0 Å². The molecular weight excluding hydrogens is 306 g/mol. The topological polar surface area (TPSA) is 53.1 Å². The van der Waals surface area contributed by atoms with Crippen LogP contribution in [-0.2, 0) is 14.3 Å². The lowest BCUT2D eigenvalue weighted by Crippen LogP contribution is -2.82. The maximum absolute atomic E-state index is 12.6. The molecule has 3 heterocycles. The fourth-order valence-electron chi connectivity index (χ4n) is 4.29. The summed E-state index contributed by atoms with van der Waals surface area (Å²) in [5.74, 6) is 0.413. The number of fused-ring (bicyclic) bond motifs is 2. The van der Waals surface area contributed by atoms with Crippen molar-refractivity contribution in [3.63, 3.8) is 0 Å². The number of rotatable bonds is 1. The van der Waals surface area contributed by atoms with E-state index in [2.05, 4.69) is 4.90 Å². The molecule has 0 N–H and O–H groups in total. The highest BCUT2D eigenvalue weighted by atomic mass is 16.5. The van der Waals surface area contributed by atoms with Gasteiger partial charge in [-0.2, -0.15) is 0 Å². The quantitative estimate of drug-likeness (QED) is 0.711. The standard InChI is InChI=1S/C18H31N3O3/c1-13(2)15(22)19-8-14-9-24-7-6-21(14)18(10-19)11-20(12-18)16(23)17(3,4)5/h13-14H,6-12H2,1-5H3. The third kappa shape index (κ3) is 2.94. The average molecular weight is 337 g/mol. The number of amides is 2. The van der Waals surface area contributed by atoms with Gasteiger partial charge in [0.15, 0.2) is 0 Å². The van der Waals surface area contributed by atoms with Crippen molar-refractivity contribution in [3.8, 4) is 0 Å². The summed E-state index contributed by atoms with van der Waals surface area (Å²) < 4.78 is 5.66. The van der Waals surface area contributed by atoms with E-state index in [-0.39, 0.29) is 34.7 Å². The number of hydrogen-bond donors (Lipinski definition) is 0. The minimum absolute atomic E-state index is 0.00509. The van der Waals surface area contributed by atoms with Gasteiger partial charge in [-0.05, 0) is 0 Å². The number of likely N-dealkylation sites (tertiary alicyclic amines) is 1. The Morgan fingerprint density at radius 2 is 1.75 bits per heavy atom.